The van der Waals surface area contributed by atoms with E-state index in [9.17, 15) is 13.2 Å². The van der Waals surface area contributed by atoms with Gasteiger partial charge in [0.15, 0.2) is 18.1 Å². The molecule has 9 heteroatoms. The van der Waals surface area contributed by atoms with Gasteiger partial charge in [-0.05, 0) is 25.0 Å². The quantitative estimate of drug-likeness (QED) is 0.669. The van der Waals surface area contributed by atoms with Crippen molar-refractivity contribution in [1.29, 1.82) is 0 Å². The van der Waals surface area contributed by atoms with Crippen molar-refractivity contribution in [3.05, 3.63) is 24.3 Å². The number of rotatable bonds is 9. The predicted molar refractivity (Wildman–Crippen MR) is 96.9 cm³/mol. The Hall–Kier alpha value is -1.84. The number of sulfonamides is 1. The molecule has 1 aromatic rings. The summed E-state index contributed by atoms with van der Waals surface area (Å²) < 4.78 is 41.2. The standard InChI is InChI=1S/C17H26N2O6S/c1-23-11-12-26(21,22)19-9-7-14(8-10-19)18-17(20)13-25-16-6-4-3-5-15(16)24-2/h3-6,14H,7-13H2,1-2H3,(H,18,20). The van der Waals surface area contributed by atoms with Gasteiger partial charge in [-0.15, -0.1) is 0 Å². The first-order valence-corrected chi connectivity index (χ1v) is 10.1. The highest BCUT2D eigenvalue weighted by molar-refractivity contribution is 7.89. The average Bonchev–Trinajstić information content (AvgIpc) is 2.65. The van der Waals surface area contributed by atoms with Gasteiger partial charge in [0.05, 0.1) is 19.5 Å². The molecular formula is C17H26N2O6S. The Bertz CT molecular complexity index is 686. The van der Waals surface area contributed by atoms with Crippen molar-refractivity contribution >= 4 is 15.9 Å². The zero-order chi connectivity index (χ0) is 19.0. The zero-order valence-electron chi connectivity index (χ0n) is 15.1. The largest absolute Gasteiger partial charge is 0.493 e. The predicted octanol–water partition coefficient (Wildman–Crippen LogP) is 0.631. The van der Waals surface area contributed by atoms with Gasteiger partial charge in [0.2, 0.25) is 10.0 Å². The molecule has 1 amide bonds. The van der Waals surface area contributed by atoms with Crippen LogP contribution in [0.2, 0.25) is 0 Å². The first-order chi connectivity index (χ1) is 12.5. The van der Waals surface area contributed by atoms with Crippen molar-refractivity contribution < 1.29 is 27.4 Å². The summed E-state index contributed by atoms with van der Waals surface area (Å²) >= 11 is 0. The third-order valence-electron chi connectivity index (χ3n) is 4.19. The lowest BCUT2D eigenvalue weighted by molar-refractivity contribution is -0.124. The maximum absolute atomic E-state index is 12.1. The third-order valence-corrected chi connectivity index (χ3v) is 6.02. The Morgan fingerprint density at radius 1 is 1.19 bits per heavy atom. The molecule has 0 aromatic heterocycles. The van der Waals surface area contributed by atoms with Crippen molar-refractivity contribution in [2.75, 3.05) is 46.3 Å². The van der Waals surface area contributed by atoms with E-state index >= 15 is 0 Å². The molecule has 1 saturated heterocycles. The van der Waals surface area contributed by atoms with E-state index in [1.165, 1.54) is 18.5 Å². The van der Waals surface area contributed by atoms with E-state index < -0.39 is 10.0 Å². The molecule has 0 aliphatic carbocycles. The van der Waals surface area contributed by atoms with Crippen LogP contribution in [0, 0.1) is 0 Å². The van der Waals surface area contributed by atoms with Gasteiger partial charge in [0.1, 0.15) is 0 Å². The molecule has 1 N–H and O–H groups in total. The average molecular weight is 386 g/mol. The number of nitrogens with one attached hydrogen (secondary N) is 1. The molecular weight excluding hydrogens is 360 g/mol. The lowest BCUT2D eigenvalue weighted by atomic mass is 10.1. The summed E-state index contributed by atoms with van der Waals surface area (Å²) in [5.41, 5.74) is 0. The minimum absolute atomic E-state index is 0.0206. The molecule has 0 radical (unpaired) electrons. The highest BCUT2D eigenvalue weighted by Crippen LogP contribution is 2.25. The number of methoxy groups -OCH3 is 2. The molecule has 1 aliphatic rings. The first kappa shape index (κ1) is 20.5. The van der Waals surface area contributed by atoms with Crippen LogP contribution in [0.4, 0.5) is 0 Å². The van der Waals surface area contributed by atoms with Gasteiger partial charge in [-0.3, -0.25) is 4.79 Å². The molecule has 146 valence electrons. The van der Waals surface area contributed by atoms with Crippen molar-refractivity contribution in [3.63, 3.8) is 0 Å². The van der Waals surface area contributed by atoms with Crippen LogP contribution in [-0.4, -0.2) is 70.9 Å². The zero-order valence-corrected chi connectivity index (χ0v) is 16.0. The second kappa shape index (κ2) is 9.75. The fourth-order valence-electron chi connectivity index (χ4n) is 2.75. The van der Waals surface area contributed by atoms with E-state index in [2.05, 4.69) is 5.32 Å². The Morgan fingerprint density at radius 2 is 1.85 bits per heavy atom. The van der Waals surface area contributed by atoms with E-state index in [1.807, 2.05) is 6.07 Å². The van der Waals surface area contributed by atoms with Gasteiger partial charge in [0.25, 0.3) is 5.91 Å². The summed E-state index contributed by atoms with van der Waals surface area (Å²) in [7, 11) is -0.279. The number of nitrogens with zero attached hydrogens (tertiary/aromatic N) is 1. The summed E-state index contributed by atoms with van der Waals surface area (Å²) in [5, 5.41) is 2.89. The highest BCUT2D eigenvalue weighted by Gasteiger charge is 2.28. The summed E-state index contributed by atoms with van der Waals surface area (Å²) in [6.45, 7) is 0.848. The maximum atomic E-state index is 12.1. The van der Waals surface area contributed by atoms with E-state index in [-0.39, 0.29) is 30.9 Å². The molecule has 0 unspecified atom stereocenters. The van der Waals surface area contributed by atoms with Gasteiger partial charge in [-0.1, -0.05) is 12.1 Å². The number of ether oxygens (including phenoxy) is 3. The highest BCUT2D eigenvalue weighted by atomic mass is 32.2. The van der Waals surface area contributed by atoms with Crippen LogP contribution < -0.4 is 14.8 Å². The Labute approximate surface area is 154 Å². The van der Waals surface area contributed by atoms with E-state index in [1.54, 1.807) is 18.2 Å². The Kier molecular flexibility index (Phi) is 7.67. The van der Waals surface area contributed by atoms with Gasteiger partial charge < -0.3 is 19.5 Å². The minimum Gasteiger partial charge on any atom is -0.493 e. The Balaban J connectivity index is 1.76. The number of carbonyl (C=O) groups excluding carboxylic acids is 1. The van der Waals surface area contributed by atoms with E-state index in [0.717, 1.165) is 0 Å². The van der Waals surface area contributed by atoms with E-state index in [4.69, 9.17) is 14.2 Å². The van der Waals surface area contributed by atoms with Crippen LogP contribution in [-0.2, 0) is 19.6 Å². The van der Waals surface area contributed by atoms with Crippen molar-refractivity contribution in [3.8, 4) is 11.5 Å². The lowest BCUT2D eigenvalue weighted by Gasteiger charge is -2.31. The number of amides is 1. The SMILES string of the molecule is COCCS(=O)(=O)N1CCC(NC(=O)COc2ccccc2OC)CC1. The third kappa shape index (κ3) is 5.86. The first-order valence-electron chi connectivity index (χ1n) is 8.48. The van der Waals surface area contributed by atoms with E-state index in [0.29, 0.717) is 37.4 Å². The van der Waals surface area contributed by atoms with Crippen LogP contribution in [0.25, 0.3) is 0 Å². The number of carbonyl (C=O) groups is 1. The molecule has 1 heterocycles. The second-order valence-corrected chi connectivity index (χ2v) is 8.08. The van der Waals surface area contributed by atoms with Gasteiger partial charge in [-0.25, -0.2) is 12.7 Å². The molecule has 0 spiro atoms. The van der Waals surface area contributed by atoms with Crippen LogP contribution in [0.1, 0.15) is 12.8 Å². The minimum atomic E-state index is -3.29. The fourth-order valence-corrected chi connectivity index (χ4v) is 4.15. The molecule has 0 bridgehead atoms. The van der Waals surface area contributed by atoms with Gasteiger partial charge in [-0.2, -0.15) is 0 Å². The van der Waals surface area contributed by atoms with Crippen LogP contribution in [0.15, 0.2) is 24.3 Å². The molecule has 2 rings (SSSR count). The molecule has 0 atom stereocenters. The van der Waals surface area contributed by atoms with Crippen molar-refractivity contribution in [1.82, 2.24) is 9.62 Å². The molecule has 1 aliphatic heterocycles. The number of hydrogen-bond donors (Lipinski definition) is 1. The summed E-state index contributed by atoms with van der Waals surface area (Å²) in [4.78, 5) is 12.1. The molecule has 1 aromatic carbocycles. The summed E-state index contributed by atoms with van der Waals surface area (Å²) in [6, 6.07) is 7.05. The van der Waals surface area contributed by atoms with Crippen molar-refractivity contribution in [2.45, 2.75) is 18.9 Å². The van der Waals surface area contributed by atoms with Gasteiger partial charge in [0, 0.05) is 26.2 Å². The van der Waals surface area contributed by atoms with Crippen LogP contribution in [0.3, 0.4) is 0 Å². The molecule has 1 fully saturated rings. The molecule has 8 nitrogen and oxygen atoms in total. The topological polar surface area (TPSA) is 94.2 Å². The fraction of sp³-hybridized carbons (Fsp3) is 0.588. The summed E-state index contributed by atoms with van der Waals surface area (Å²) in [5.74, 6) is 0.809. The number of benzene rings is 1. The monoisotopic (exact) mass is 386 g/mol. The number of para-hydroxylation sites is 2. The smallest absolute Gasteiger partial charge is 0.258 e. The normalized spacial score (nSPS) is 16.2. The second-order valence-electron chi connectivity index (χ2n) is 5.99. The lowest BCUT2D eigenvalue weighted by Crippen LogP contribution is -2.48. The number of piperidine rings is 1. The Morgan fingerprint density at radius 3 is 2.46 bits per heavy atom. The molecule has 26 heavy (non-hydrogen) atoms. The number of hydrogen-bond acceptors (Lipinski definition) is 6. The van der Waals surface area contributed by atoms with Crippen LogP contribution >= 0.6 is 0 Å². The summed E-state index contributed by atoms with van der Waals surface area (Å²) in [6.07, 6.45) is 1.15. The van der Waals surface area contributed by atoms with Crippen LogP contribution in [0.5, 0.6) is 11.5 Å². The van der Waals surface area contributed by atoms with Gasteiger partial charge >= 0.3 is 0 Å². The maximum Gasteiger partial charge on any atom is 0.258 e. The van der Waals surface area contributed by atoms with Crippen molar-refractivity contribution in [2.24, 2.45) is 0 Å². The molecule has 0 saturated carbocycles.